The van der Waals surface area contributed by atoms with Gasteiger partial charge in [-0.1, -0.05) is 36.4 Å². The molecule has 3 aromatic rings. The Morgan fingerprint density at radius 3 is 2.17 bits per heavy atom. The van der Waals surface area contributed by atoms with Crippen LogP contribution < -0.4 is 10.2 Å². The molecule has 3 rings (SSSR count). The lowest BCUT2D eigenvalue weighted by molar-refractivity contribution is -0.116. The first-order chi connectivity index (χ1) is 14.5. The molecule has 0 aliphatic heterocycles. The number of halogens is 2. The smallest absolute Gasteiger partial charge is 0.243 e. The molecule has 0 aliphatic carbocycles. The van der Waals surface area contributed by atoms with Crippen LogP contribution in [0.5, 0.6) is 0 Å². The molecule has 1 heterocycles. The predicted octanol–water partition coefficient (Wildman–Crippen LogP) is 4.59. The van der Waals surface area contributed by atoms with Crippen LogP contribution in [0.1, 0.15) is 11.1 Å². The van der Waals surface area contributed by atoms with Gasteiger partial charge in [-0.2, -0.15) is 5.10 Å². The lowest BCUT2D eigenvalue weighted by atomic mass is 10.1. The molecule has 158 valence electrons. The van der Waals surface area contributed by atoms with Gasteiger partial charge in [-0.3, -0.25) is 19.2 Å². The normalized spacial score (nSPS) is 10.0. The van der Waals surface area contributed by atoms with Crippen LogP contribution in [0.15, 0.2) is 67.0 Å². The van der Waals surface area contributed by atoms with Crippen molar-refractivity contribution in [1.82, 2.24) is 9.78 Å². The number of carbonyl (C=O) groups is 2. The number of aryl methyl sites for hydroxylation is 2. The quantitative estimate of drug-likeness (QED) is 0.562. The van der Waals surface area contributed by atoms with Gasteiger partial charge in [0.25, 0.3) is 0 Å². The van der Waals surface area contributed by atoms with E-state index in [4.69, 9.17) is 23.2 Å². The fourth-order valence-electron chi connectivity index (χ4n) is 2.82. The number of carbonyl (C=O) groups excluding carboxylic acids is 2. The average Bonchev–Trinajstić information content (AvgIpc) is 3.26. The van der Waals surface area contributed by atoms with Crippen LogP contribution in [0.4, 0.5) is 11.4 Å². The third-order valence-electron chi connectivity index (χ3n) is 4.15. The molecule has 30 heavy (non-hydrogen) atoms. The zero-order valence-electron chi connectivity index (χ0n) is 16.9. The number of nitrogens with zero attached hydrogens (tertiary/aromatic N) is 3. The van der Waals surface area contributed by atoms with E-state index in [1.165, 1.54) is 0 Å². The topological polar surface area (TPSA) is 67.2 Å². The Morgan fingerprint density at radius 1 is 0.967 bits per heavy atom. The number of benzene rings is 2. The predicted molar refractivity (Wildman–Crippen MR) is 122 cm³/mol. The van der Waals surface area contributed by atoms with Gasteiger partial charge in [0.05, 0.1) is 5.69 Å². The Labute approximate surface area is 186 Å². The summed E-state index contributed by atoms with van der Waals surface area (Å²) in [6.45, 7) is 4.34. The molecular formula is C22H24Cl2N4O2. The van der Waals surface area contributed by atoms with E-state index < -0.39 is 0 Å². The van der Waals surface area contributed by atoms with Crippen LogP contribution in [0, 0.1) is 13.8 Å². The highest BCUT2D eigenvalue weighted by atomic mass is 35.5. The van der Waals surface area contributed by atoms with Gasteiger partial charge in [0.15, 0.2) is 0 Å². The van der Waals surface area contributed by atoms with E-state index in [9.17, 15) is 9.59 Å². The standard InChI is InChI=1S/C14H16ClN3O.C8H8ClNO/c1-11-5-3-6-12(2)14(11)18(13(19)9-15)10-17-8-4-7-16-17;9-6-8(11)10-7-4-2-1-3-5-7/h3-8H,9-10H2,1-2H3;1-5H,6H2,(H,10,11). The van der Waals surface area contributed by atoms with Crippen molar-refractivity contribution < 1.29 is 9.59 Å². The summed E-state index contributed by atoms with van der Waals surface area (Å²) in [5, 5.41) is 6.76. The Morgan fingerprint density at radius 2 is 1.63 bits per heavy atom. The molecule has 0 radical (unpaired) electrons. The van der Waals surface area contributed by atoms with Crippen LogP contribution in [0.25, 0.3) is 0 Å². The number of nitrogens with one attached hydrogen (secondary N) is 1. The maximum absolute atomic E-state index is 12.1. The molecular weight excluding hydrogens is 423 g/mol. The van der Waals surface area contributed by atoms with Crippen molar-refractivity contribution in [2.24, 2.45) is 0 Å². The molecule has 2 aromatic carbocycles. The Kier molecular flexibility index (Phi) is 9.38. The molecule has 0 spiro atoms. The molecule has 0 saturated heterocycles. The van der Waals surface area contributed by atoms with E-state index >= 15 is 0 Å². The molecule has 6 nitrogen and oxygen atoms in total. The van der Waals surface area contributed by atoms with Gasteiger partial charge in [-0.15, -0.1) is 23.2 Å². The largest absolute Gasteiger partial charge is 0.325 e. The minimum atomic E-state index is -0.183. The number of hydrogen-bond donors (Lipinski definition) is 1. The molecule has 0 saturated carbocycles. The van der Waals surface area contributed by atoms with Gasteiger partial charge in [-0.05, 0) is 43.2 Å². The first kappa shape index (κ1) is 23.4. The summed E-state index contributed by atoms with van der Waals surface area (Å²) in [4.78, 5) is 24.5. The summed E-state index contributed by atoms with van der Waals surface area (Å²) in [7, 11) is 0. The SMILES string of the molecule is Cc1cccc(C)c1N(Cn1cccn1)C(=O)CCl.O=C(CCl)Nc1ccccc1. The van der Waals surface area contributed by atoms with Crippen molar-refractivity contribution in [2.75, 3.05) is 22.0 Å². The minimum absolute atomic E-state index is 0.00507. The van der Waals surface area contributed by atoms with E-state index in [1.807, 2.05) is 74.6 Å². The van der Waals surface area contributed by atoms with Gasteiger partial charge in [-0.25, -0.2) is 0 Å². The van der Waals surface area contributed by atoms with Crippen molar-refractivity contribution in [3.8, 4) is 0 Å². The summed E-state index contributed by atoms with van der Waals surface area (Å²) in [5.41, 5.74) is 3.78. The highest BCUT2D eigenvalue weighted by Crippen LogP contribution is 2.25. The molecule has 0 bridgehead atoms. The molecule has 0 aliphatic rings. The molecule has 8 heteroatoms. The second-order valence-corrected chi connectivity index (χ2v) is 6.97. The summed E-state index contributed by atoms with van der Waals surface area (Å²) >= 11 is 11.0. The Balaban J connectivity index is 0.000000248. The molecule has 2 amide bonds. The van der Waals surface area contributed by atoms with Gasteiger partial charge in [0.1, 0.15) is 18.4 Å². The number of aromatic nitrogens is 2. The number of amides is 2. The minimum Gasteiger partial charge on any atom is -0.325 e. The van der Waals surface area contributed by atoms with Crippen molar-refractivity contribution in [3.63, 3.8) is 0 Å². The van der Waals surface area contributed by atoms with E-state index in [0.717, 1.165) is 22.5 Å². The van der Waals surface area contributed by atoms with E-state index in [2.05, 4.69) is 10.4 Å². The Hall–Kier alpha value is -2.83. The summed E-state index contributed by atoms with van der Waals surface area (Å²) in [6.07, 6.45) is 3.51. The number of anilines is 2. The monoisotopic (exact) mass is 446 g/mol. The highest BCUT2D eigenvalue weighted by molar-refractivity contribution is 6.29. The van der Waals surface area contributed by atoms with Crippen molar-refractivity contribution >= 4 is 46.4 Å². The molecule has 0 atom stereocenters. The van der Waals surface area contributed by atoms with Gasteiger partial charge < -0.3 is 5.32 Å². The lowest BCUT2D eigenvalue weighted by Crippen LogP contribution is -2.35. The van der Waals surface area contributed by atoms with Gasteiger partial charge >= 0.3 is 0 Å². The average molecular weight is 447 g/mol. The number of alkyl halides is 2. The molecule has 1 aromatic heterocycles. The lowest BCUT2D eigenvalue weighted by Gasteiger charge is -2.25. The second kappa shape index (κ2) is 12.0. The number of rotatable bonds is 6. The maximum Gasteiger partial charge on any atom is 0.243 e. The third-order valence-corrected chi connectivity index (χ3v) is 4.62. The number of para-hydroxylation sites is 2. The first-order valence-electron chi connectivity index (χ1n) is 9.27. The van der Waals surface area contributed by atoms with Crippen molar-refractivity contribution in [2.45, 2.75) is 20.5 Å². The molecule has 1 N–H and O–H groups in total. The highest BCUT2D eigenvalue weighted by Gasteiger charge is 2.19. The Bertz CT molecular complexity index is 927. The molecule has 0 fully saturated rings. The van der Waals surface area contributed by atoms with Crippen LogP contribution in [-0.2, 0) is 16.3 Å². The summed E-state index contributed by atoms with van der Waals surface area (Å²) in [6, 6.07) is 17.0. The van der Waals surface area contributed by atoms with Gasteiger partial charge in [0.2, 0.25) is 11.8 Å². The van der Waals surface area contributed by atoms with Crippen molar-refractivity contribution in [3.05, 3.63) is 78.1 Å². The summed E-state index contributed by atoms with van der Waals surface area (Å²) < 4.78 is 1.70. The van der Waals surface area contributed by atoms with Crippen LogP contribution >= 0.6 is 23.2 Å². The van der Waals surface area contributed by atoms with Crippen LogP contribution in [0.2, 0.25) is 0 Å². The maximum atomic E-state index is 12.1. The fourth-order valence-corrected chi connectivity index (χ4v) is 3.03. The number of hydrogen-bond acceptors (Lipinski definition) is 3. The van der Waals surface area contributed by atoms with Crippen LogP contribution in [-0.4, -0.2) is 33.4 Å². The zero-order chi connectivity index (χ0) is 21.9. The summed E-state index contributed by atoms with van der Waals surface area (Å²) in [5.74, 6) is -0.364. The van der Waals surface area contributed by atoms with E-state index in [0.29, 0.717) is 6.67 Å². The third kappa shape index (κ3) is 6.90. The zero-order valence-corrected chi connectivity index (χ0v) is 18.4. The first-order valence-corrected chi connectivity index (χ1v) is 10.3. The van der Waals surface area contributed by atoms with Gasteiger partial charge in [0, 0.05) is 18.1 Å². The molecule has 0 unspecified atom stereocenters. The van der Waals surface area contributed by atoms with E-state index in [-0.39, 0.29) is 23.6 Å². The second-order valence-electron chi connectivity index (χ2n) is 6.43. The van der Waals surface area contributed by atoms with Crippen molar-refractivity contribution in [1.29, 1.82) is 0 Å². The van der Waals surface area contributed by atoms with E-state index in [1.54, 1.807) is 15.8 Å². The fraction of sp³-hybridized carbons (Fsp3) is 0.227. The van der Waals surface area contributed by atoms with Crippen LogP contribution in [0.3, 0.4) is 0 Å².